The maximum Gasteiger partial charge on any atom is 0.406 e. The van der Waals surface area contributed by atoms with Crippen molar-refractivity contribution < 1.29 is 18.3 Å². The highest BCUT2D eigenvalue weighted by Gasteiger charge is 2.59. The first-order valence-electron chi connectivity index (χ1n) is 2.89. The van der Waals surface area contributed by atoms with Gasteiger partial charge in [-0.15, -0.1) is 0 Å². The normalized spacial score (nSPS) is 41.1. The second kappa shape index (κ2) is 1.85. The summed E-state index contributed by atoms with van der Waals surface area (Å²) >= 11 is 0. The van der Waals surface area contributed by atoms with Gasteiger partial charge >= 0.3 is 6.18 Å². The van der Waals surface area contributed by atoms with Crippen molar-refractivity contribution in [3.05, 3.63) is 0 Å². The lowest BCUT2D eigenvalue weighted by molar-refractivity contribution is -0.226. The lowest BCUT2D eigenvalue weighted by atomic mass is 9.75. The molecule has 0 atom stereocenters. The number of nitrogens with two attached hydrogens (primary N) is 1. The van der Waals surface area contributed by atoms with Crippen LogP contribution >= 0.6 is 0 Å². The maximum absolute atomic E-state index is 11.8. The molecule has 1 saturated carbocycles. The molecule has 0 aromatic heterocycles. The van der Waals surface area contributed by atoms with Crippen molar-refractivity contribution in [3.63, 3.8) is 0 Å². The monoisotopic (exact) mass is 155 g/mol. The van der Waals surface area contributed by atoms with Crippen LogP contribution in [0, 0.1) is 0 Å². The summed E-state index contributed by atoms with van der Waals surface area (Å²) in [6.45, 7) is 0. The van der Waals surface area contributed by atoms with E-state index in [1.165, 1.54) is 0 Å². The molecule has 1 aliphatic carbocycles. The quantitative estimate of drug-likeness (QED) is 0.532. The minimum atomic E-state index is -4.37. The summed E-state index contributed by atoms with van der Waals surface area (Å²) in [6, 6.07) is 0. The fraction of sp³-hybridized carbons (Fsp3) is 1.00. The molecule has 0 spiro atoms. The van der Waals surface area contributed by atoms with E-state index in [0.29, 0.717) is 0 Å². The number of hydrogen-bond donors (Lipinski definition) is 2. The smallest absolute Gasteiger partial charge is 0.393 e. The van der Waals surface area contributed by atoms with E-state index in [9.17, 15) is 13.2 Å². The maximum atomic E-state index is 11.8. The molecule has 0 amide bonds. The number of aliphatic hydroxyl groups excluding tert-OH is 1. The Labute approximate surface area is 55.8 Å². The molecule has 2 nitrogen and oxygen atoms in total. The van der Waals surface area contributed by atoms with E-state index in [1.54, 1.807) is 0 Å². The summed E-state index contributed by atoms with van der Waals surface area (Å²) in [4.78, 5) is 0. The molecule has 0 aliphatic heterocycles. The first kappa shape index (κ1) is 7.81. The third-order valence-corrected chi connectivity index (χ3v) is 1.76. The highest BCUT2D eigenvalue weighted by atomic mass is 19.4. The van der Waals surface area contributed by atoms with Gasteiger partial charge < -0.3 is 10.8 Å². The molecular formula is C5H8F3NO. The molecule has 0 radical (unpaired) electrons. The highest BCUT2D eigenvalue weighted by Crippen LogP contribution is 2.42. The molecule has 0 heterocycles. The van der Waals surface area contributed by atoms with E-state index in [1.807, 2.05) is 0 Å². The van der Waals surface area contributed by atoms with Gasteiger partial charge in [-0.05, 0) is 0 Å². The van der Waals surface area contributed by atoms with Crippen molar-refractivity contribution in [1.29, 1.82) is 0 Å². The van der Waals surface area contributed by atoms with Crippen LogP contribution in [0.4, 0.5) is 13.2 Å². The molecule has 60 valence electrons. The lowest BCUT2D eigenvalue weighted by Gasteiger charge is -2.43. The van der Waals surface area contributed by atoms with Gasteiger partial charge in [-0.1, -0.05) is 0 Å². The Morgan fingerprint density at radius 2 is 1.80 bits per heavy atom. The fourth-order valence-corrected chi connectivity index (χ4v) is 1.01. The van der Waals surface area contributed by atoms with Crippen LogP contribution in [-0.2, 0) is 0 Å². The van der Waals surface area contributed by atoms with Gasteiger partial charge in [0.2, 0.25) is 0 Å². The van der Waals surface area contributed by atoms with Gasteiger partial charge in [0.25, 0.3) is 0 Å². The van der Waals surface area contributed by atoms with Crippen LogP contribution in [0.25, 0.3) is 0 Å². The molecule has 0 aromatic carbocycles. The molecule has 0 bridgehead atoms. The van der Waals surface area contributed by atoms with Gasteiger partial charge in [-0.3, -0.25) is 0 Å². The molecule has 10 heavy (non-hydrogen) atoms. The Hall–Kier alpha value is -0.290. The van der Waals surface area contributed by atoms with Gasteiger partial charge in [-0.25, -0.2) is 0 Å². The van der Waals surface area contributed by atoms with Crippen LogP contribution in [0.3, 0.4) is 0 Å². The third kappa shape index (κ3) is 0.992. The second-order valence-electron chi connectivity index (χ2n) is 2.72. The van der Waals surface area contributed by atoms with Gasteiger partial charge in [0.15, 0.2) is 0 Å². The van der Waals surface area contributed by atoms with Crippen LogP contribution < -0.4 is 5.73 Å². The average molecular weight is 155 g/mol. The second-order valence-corrected chi connectivity index (χ2v) is 2.72. The Morgan fingerprint density at radius 3 is 1.90 bits per heavy atom. The molecule has 5 heteroatoms. The molecule has 0 aromatic rings. The summed E-state index contributed by atoms with van der Waals surface area (Å²) in [6.07, 6.45) is -5.97. The first-order valence-corrected chi connectivity index (χ1v) is 2.89. The summed E-state index contributed by atoms with van der Waals surface area (Å²) in [5.74, 6) is 0. The number of hydrogen-bond acceptors (Lipinski definition) is 2. The summed E-state index contributed by atoms with van der Waals surface area (Å²) < 4.78 is 35.5. The molecule has 3 N–H and O–H groups in total. The van der Waals surface area contributed by atoms with Crippen LogP contribution in [0.5, 0.6) is 0 Å². The predicted octanol–water partition coefficient (Wildman–Crippen LogP) is 0.401. The van der Waals surface area contributed by atoms with E-state index in [-0.39, 0.29) is 12.8 Å². The summed E-state index contributed by atoms with van der Waals surface area (Å²) in [5.41, 5.74) is 2.77. The molecule has 1 fully saturated rings. The Bertz CT molecular complexity index is 138. The minimum Gasteiger partial charge on any atom is -0.393 e. The van der Waals surface area contributed by atoms with Crippen molar-refractivity contribution in [2.75, 3.05) is 0 Å². The third-order valence-electron chi connectivity index (χ3n) is 1.76. The van der Waals surface area contributed by atoms with Crippen LogP contribution in [-0.4, -0.2) is 22.9 Å². The number of aliphatic hydroxyl groups is 1. The molecular weight excluding hydrogens is 147 g/mol. The topological polar surface area (TPSA) is 46.2 Å². The van der Waals surface area contributed by atoms with Crippen molar-refractivity contribution in [2.45, 2.75) is 30.7 Å². The Morgan fingerprint density at radius 1 is 1.40 bits per heavy atom. The van der Waals surface area contributed by atoms with E-state index in [4.69, 9.17) is 10.8 Å². The van der Waals surface area contributed by atoms with Crippen molar-refractivity contribution in [3.8, 4) is 0 Å². The Balaban J connectivity index is 2.57. The minimum absolute atomic E-state index is 0.365. The number of alkyl halides is 3. The van der Waals surface area contributed by atoms with Gasteiger partial charge in [0.1, 0.15) is 5.54 Å². The van der Waals surface area contributed by atoms with Gasteiger partial charge in [0.05, 0.1) is 6.10 Å². The fourth-order valence-electron chi connectivity index (χ4n) is 1.01. The zero-order chi connectivity index (χ0) is 7.99. The zero-order valence-corrected chi connectivity index (χ0v) is 5.15. The number of halogens is 3. The van der Waals surface area contributed by atoms with E-state index < -0.39 is 17.8 Å². The molecule has 0 saturated heterocycles. The van der Waals surface area contributed by atoms with Gasteiger partial charge in [-0.2, -0.15) is 13.2 Å². The Kier molecular flexibility index (Phi) is 1.45. The number of rotatable bonds is 0. The average Bonchev–Trinajstić information content (AvgIpc) is 1.58. The van der Waals surface area contributed by atoms with Crippen molar-refractivity contribution in [2.24, 2.45) is 5.73 Å². The predicted molar refractivity (Wildman–Crippen MR) is 28.2 cm³/mol. The summed E-state index contributed by atoms with van der Waals surface area (Å²) in [7, 11) is 0. The van der Waals surface area contributed by atoms with Gasteiger partial charge in [0, 0.05) is 12.8 Å². The zero-order valence-electron chi connectivity index (χ0n) is 5.15. The van der Waals surface area contributed by atoms with Crippen molar-refractivity contribution in [1.82, 2.24) is 0 Å². The standard InChI is InChI=1S/C5H8F3NO/c6-5(7,8)4(9)1-3(10)2-4/h3,10H,1-2,9H2. The molecule has 0 unspecified atom stereocenters. The van der Waals surface area contributed by atoms with Crippen LogP contribution in [0.1, 0.15) is 12.8 Å². The van der Waals surface area contributed by atoms with E-state index in [2.05, 4.69) is 0 Å². The summed E-state index contributed by atoms with van der Waals surface area (Å²) in [5, 5.41) is 8.57. The lowest BCUT2D eigenvalue weighted by Crippen LogP contribution is -2.63. The molecule has 1 aliphatic rings. The van der Waals surface area contributed by atoms with Crippen LogP contribution in [0.15, 0.2) is 0 Å². The van der Waals surface area contributed by atoms with E-state index >= 15 is 0 Å². The molecule has 1 rings (SSSR count). The first-order chi connectivity index (χ1) is 4.35. The SMILES string of the molecule is NC1(C(F)(F)F)CC(O)C1. The van der Waals surface area contributed by atoms with Crippen LogP contribution in [0.2, 0.25) is 0 Å². The highest BCUT2D eigenvalue weighted by molar-refractivity contribution is 5.03. The van der Waals surface area contributed by atoms with E-state index in [0.717, 1.165) is 0 Å². The van der Waals surface area contributed by atoms with Crippen molar-refractivity contribution >= 4 is 0 Å². The largest absolute Gasteiger partial charge is 0.406 e.